The van der Waals surface area contributed by atoms with Crippen molar-refractivity contribution in [1.82, 2.24) is 19.4 Å². The number of para-hydroxylation sites is 1. The summed E-state index contributed by atoms with van der Waals surface area (Å²) < 4.78 is 69.5. The maximum atomic E-state index is 14.5. The molecule has 49 heavy (non-hydrogen) atoms. The average Bonchev–Trinajstić information content (AvgIpc) is 3.58. The van der Waals surface area contributed by atoms with Gasteiger partial charge in [-0.25, -0.2) is 8.78 Å². The van der Waals surface area contributed by atoms with Crippen molar-refractivity contribution < 1.29 is 26.7 Å². The maximum Gasteiger partial charge on any atom is 0.416 e. The summed E-state index contributed by atoms with van der Waals surface area (Å²) in [7, 11) is 0. The Balaban J connectivity index is 1.30. The Morgan fingerprint density at radius 2 is 1.67 bits per heavy atom. The Labute approximate surface area is 284 Å². The number of rotatable bonds is 10. The molecule has 256 valence electrons. The number of likely N-dealkylation sites (tertiary alicyclic amines) is 1. The highest BCUT2D eigenvalue weighted by molar-refractivity contribution is 7.15. The van der Waals surface area contributed by atoms with Crippen molar-refractivity contribution in [2.45, 2.75) is 57.9 Å². The zero-order chi connectivity index (χ0) is 34.7. The number of nitrogens with zero attached hydrogens (tertiary/aromatic N) is 4. The molecule has 0 spiro atoms. The number of hydrogen-bond acceptors (Lipinski definition) is 5. The molecule has 1 fully saturated rings. The topological polar surface area (TPSA) is 58.4 Å². The van der Waals surface area contributed by atoms with Crippen LogP contribution in [0.25, 0.3) is 21.3 Å². The molecule has 3 aromatic carbocycles. The van der Waals surface area contributed by atoms with Gasteiger partial charge in [0, 0.05) is 35.3 Å². The number of carbonyl (C=O) groups is 1. The maximum absolute atomic E-state index is 14.5. The molecule has 3 heterocycles. The highest BCUT2D eigenvalue weighted by Crippen LogP contribution is 2.34. The minimum atomic E-state index is -4.42. The number of piperidine rings is 1. The molecule has 0 saturated carbocycles. The standard InChI is InChI=1S/C37H35F5N4O2S/c1-2-44-20-18-27(19-21-44)45(22-28-15-16-32(49-28)24-10-13-26(14-11-24)37(40,41)42)34(47)23-46-31-9-4-3-7-29(31)36(48)43-33(46)17-12-25-6-5-8-30(38)35(25)39/h3-11,13-16,27H,2,12,17-23H2,1H3. The smallest absolute Gasteiger partial charge is 0.333 e. The number of alkyl halides is 3. The number of thiophene rings is 1. The third kappa shape index (κ3) is 7.75. The molecule has 0 bridgehead atoms. The molecule has 2 aromatic heterocycles. The quantitative estimate of drug-likeness (QED) is 0.141. The zero-order valence-electron chi connectivity index (χ0n) is 26.9. The van der Waals surface area contributed by atoms with E-state index in [1.54, 1.807) is 28.8 Å². The van der Waals surface area contributed by atoms with Gasteiger partial charge in [-0.1, -0.05) is 43.3 Å². The van der Waals surface area contributed by atoms with E-state index in [4.69, 9.17) is 0 Å². The first-order chi connectivity index (χ1) is 23.5. The lowest BCUT2D eigenvalue weighted by Gasteiger charge is -2.38. The van der Waals surface area contributed by atoms with Gasteiger partial charge in [0.05, 0.1) is 23.0 Å². The normalized spacial score (nSPS) is 14.4. The summed E-state index contributed by atoms with van der Waals surface area (Å²) >= 11 is 1.42. The van der Waals surface area contributed by atoms with E-state index in [0.717, 1.165) is 60.4 Å². The SMILES string of the molecule is CCN1CCC(N(Cc2ccc(-c3ccc(C(F)(F)F)cc3)s2)C(=O)Cn2c(CCc3cccc(F)c3F)nc(=O)c3ccccc32)CC1. The predicted molar refractivity (Wildman–Crippen MR) is 180 cm³/mol. The lowest BCUT2D eigenvalue weighted by molar-refractivity contribution is -0.137. The van der Waals surface area contributed by atoms with Gasteiger partial charge in [-0.2, -0.15) is 18.2 Å². The first-order valence-corrected chi connectivity index (χ1v) is 17.0. The largest absolute Gasteiger partial charge is 0.416 e. The number of carbonyl (C=O) groups excluding carboxylic acids is 1. The van der Waals surface area contributed by atoms with Crippen molar-refractivity contribution in [2.24, 2.45) is 0 Å². The van der Waals surface area contributed by atoms with Gasteiger partial charge < -0.3 is 14.4 Å². The number of aromatic nitrogens is 2. The monoisotopic (exact) mass is 694 g/mol. The second-order valence-electron chi connectivity index (χ2n) is 12.2. The van der Waals surface area contributed by atoms with Crippen molar-refractivity contribution in [3.05, 3.63) is 123 Å². The highest BCUT2D eigenvalue weighted by Gasteiger charge is 2.31. The number of benzene rings is 3. The number of hydrogen-bond donors (Lipinski definition) is 0. The molecular weight excluding hydrogens is 659 g/mol. The van der Waals surface area contributed by atoms with E-state index in [1.165, 1.54) is 35.6 Å². The van der Waals surface area contributed by atoms with Crippen LogP contribution in [-0.2, 0) is 36.9 Å². The predicted octanol–water partition coefficient (Wildman–Crippen LogP) is 7.72. The molecule has 12 heteroatoms. The van der Waals surface area contributed by atoms with Crippen LogP contribution in [0.1, 0.15) is 41.6 Å². The molecular formula is C37H35F5N4O2S. The molecule has 0 aliphatic carbocycles. The number of aryl methyl sites for hydroxylation is 2. The van der Waals surface area contributed by atoms with Gasteiger partial charge in [-0.05, 0) is 79.4 Å². The van der Waals surface area contributed by atoms with Gasteiger partial charge in [-0.3, -0.25) is 9.59 Å². The fourth-order valence-electron chi connectivity index (χ4n) is 6.43. The van der Waals surface area contributed by atoms with Gasteiger partial charge in [-0.15, -0.1) is 11.3 Å². The summed E-state index contributed by atoms with van der Waals surface area (Å²) in [6.07, 6.45) is -2.71. The fraction of sp³-hybridized carbons (Fsp3) is 0.324. The summed E-state index contributed by atoms with van der Waals surface area (Å²) in [5, 5.41) is 0.346. The molecule has 1 amide bonds. The molecule has 0 unspecified atom stereocenters. The van der Waals surface area contributed by atoms with Gasteiger partial charge in [0.25, 0.3) is 5.56 Å². The summed E-state index contributed by atoms with van der Waals surface area (Å²) in [5.41, 5.74) is 0.141. The summed E-state index contributed by atoms with van der Waals surface area (Å²) in [6, 6.07) is 19.6. The Morgan fingerprint density at radius 1 is 0.939 bits per heavy atom. The molecule has 6 nitrogen and oxygen atoms in total. The van der Waals surface area contributed by atoms with E-state index >= 15 is 0 Å². The highest BCUT2D eigenvalue weighted by atomic mass is 32.1. The Morgan fingerprint density at radius 3 is 2.39 bits per heavy atom. The van der Waals surface area contributed by atoms with E-state index in [9.17, 15) is 31.5 Å². The van der Waals surface area contributed by atoms with E-state index in [0.29, 0.717) is 28.8 Å². The van der Waals surface area contributed by atoms with E-state index in [1.807, 2.05) is 17.0 Å². The molecule has 5 aromatic rings. The molecule has 0 radical (unpaired) electrons. The van der Waals surface area contributed by atoms with E-state index in [-0.39, 0.29) is 36.9 Å². The first kappa shape index (κ1) is 34.4. The van der Waals surface area contributed by atoms with Crippen LogP contribution in [-0.4, -0.2) is 50.9 Å². The van der Waals surface area contributed by atoms with Gasteiger partial charge in [0.2, 0.25) is 5.91 Å². The van der Waals surface area contributed by atoms with Crippen LogP contribution >= 0.6 is 11.3 Å². The lowest BCUT2D eigenvalue weighted by Crippen LogP contribution is -2.48. The Bertz CT molecular complexity index is 2000. The average molecular weight is 695 g/mol. The van der Waals surface area contributed by atoms with Crippen LogP contribution in [0.5, 0.6) is 0 Å². The molecule has 1 saturated heterocycles. The van der Waals surface area contributed by atoms with Crippen LogP contribution < -0.4 is 5.56 Å². The Hall–Kier alpha value is -4.42. The first-order valence-electron chi connectivity index (χ1n) is 16.2. The third-order valence-electron chi connectivity index (χ3n) is 9.16. The fourth-order valence-corrected chi connectivity index (χ4v) is 7.44. The lowest BCUT2D eigenvalue weighted by atomic mass is 10.0. The summed E-state index contributed by atoms with van der Waals surface area (Å²) in [4.78, 5) is 37.6. The number of fused-ring (bicyclic) bond motifs is 1. The molecule has 0 N–H and O–H groups in total. The van der Waals surface area contributed by atoms with Crippen molar-refractivity contribution >= 4 is 28.1 Å². The number of halogens is 5. The minimum Gasteiger partial charge on any atom is -0.333 e. The third-order valence-corrected chi connectivity index (χ3v) is 10.3. The summed E-state index contributed by atoms with van der Waals surface area (Å²) in [5.74, 6) is -1.81. The Kier molecular flexibility index (Phi) is 10.3. The van der Waals surface area contributed by atoms with Crippen LogP contribution in [0.2, 0.25) is 0 Å². The molecule has 1 aliphatic heterocycles. The van der Waals surface area contributed by atoms with Gasteiger partial charge >= 0.3 is 6.18 Å². The second-order valence-corrected chi connectivity index (χ2v) is 13.3. The van der Waals surface area contributed by atoms with Crippen molar-refractivity contribution in [2.75, 3.05) is 19.6 Å². The van der Waals surface area contributed by atoms with E-state index in [2.05, 4.69) is 16.8 Å². The van der Waals surface area contributed by atoms with Crippen molar-refractivity contribution in [1.29, 1.82) is 0 Å². The van der Waals surface area contributed by atoms with E-state index < -0.39 is 28.9 Å². The number of amides is 1. The van der Waals surface area contributed by atoms with Gasteiger partial charge in [0.1, 0.15) is 12.4 Å². The van der Waals surface area contributed by atoms with Crippen molar-refractivity contribution in [3.63, 3.8) is 0 Å². The van der Waals surface area contributed by atoms with Crippen LogP contribution in [0.4, 0.5) is 22.0 Å². The molecule has 0 atom stereocenters. The molecule has 1 aliphatic rings. The minimum absolute atomic E-state index is 0.0598. The zero-order valence-corrected chi connectivity index (χ0v) is 27.7. The molecule has 6 rings (SSSR count). The second kappa shape index (κ2) is 14.6. The van der Waals surface area contributed by atoms with Gasteiger partial charge in [0.15, 0.2) is 11.6 Å². The van der Waals surface area contributed by atoms with Crippen LogP contribution in [0.15, 0.2) is 83.7 Å². The summed E-state index contributed by atoms with van der Waals surface area (Å²) in [6.45, 7) is 4.85. The van der Waals surface area contributed by atoms with Crippen LogP contribution in [0.3, 0.4) is 0 Å². The van der Waals surface area contributed by atoms with Crippen molar-refractivity contribution in [3.8, 4) is 10.4 Å². The van der Waals surface area contributed by atoms with Crippen LogP contribution in [0, 0.1) is 11.6 Å².